The van der Waals surface area contributed by atoms with Gasteiger partial charge in [0.05, 0.1) is 24.3 Å². The second-order valence-electron chi connectivity index (χ2n) is 7.86. The number of benzene rings is 2. The molecule has 0 aliphatic carbocycles. The van der Waals surface area contributed by atoms with Crippen LogP contribution in [0.5, 0.6) is 0 Å². The summed E-state index contributed by atoms with van der Waals surface area (Å²) in [6, 6.07) is 6.88. The summed E-state index contributed by atoms with van der Waals surface area (Å²) >= 11 is 0. The van der Waals surface area contributed by atoms with Crippen LogP contribution >= 0.6 is 0 Å². The van der Waals surface area contributed by atoms with Crippen LogP contribution in [-0.4, -0.2) is 35.8 Å². The molecule has 33 heavy (non-hydrogen) atoms. The van der Waals surface area contributed by atoms with Crippen molar-refractivity contribution in [2.75, 3.05) is 19.7 Å². The number of likely N-dealkylation sites (tertiary alicyclic amines) is 1. The van der Waals surface area contributed by atoms with Gasteiger partial charge in [-0.1, -0.05) is 12.1 Å². The molecule has 1 amide bonds. The third-order valence-corrected chi connectivity index (χ3v) is 5.55. The molecular formula is C22H20F7NO3. The minimum absolute atomic E-state index is 0.0416. The Labute approximate surface area is 184 Å². The fraction of sp³-hybridized carbons (Fsp3) is 0.409. The third-order valence-electron chi connectivity index (χ3n) is 5.55. The van der Waals surface area contributed by atoms with Crippen molar-refractivity contribution < 1.29 is 45.4 Å². The Balaban J connectivity index is 1.77. The number of rotatable bonds is 5. The topological polar surface area (TPSA) is 49.8 Å². The number of nitrogens with zero attached hydrogens (tertiary/aromatic N) is 1. The van der Waals surface area contributed by atoms with Crippen LogP contribution in [-0.2, 0) is 23.7 Å². The highest BCUT2D eigenvalue weighted by molar-refractivity contribution is 5.65. The molecule has 0 unspecified atom stereocenters. The molecule has 1 heterocycles. The molecule has 1 saturated heterocycles. The SMILES string of the molecule is O=C(O)N1CC[C@@H](c2ccc(F)cc2)[C@H](COCc2cc(C(F)(F)F)cc(C(F)(F)F)c2)C1. The van der Waals surface area contributed by atoms with Crippen LogP contribution in [0.4, 0.5) is 35.5 Å². The molecule has 1 fully saturated rings. The number of piperidine rings is 1. The Hall–Kier alpha value is -2.82. The van der Waals surface area contributed by atoms with Gasteiger partial charge in [-0.25, -0.2) is 9.18 Å². The number of amides is 1. The minimum atomic E-state index is -4.96. The average molecular weight is 479 g/mol. The largest absolute Gasteiger partial charge is 0.465 e. The smallest absolute Gasteiger partial charge is 0.416 e. The van der Waals surface area contributed by atoms with Crippen molar-refractivity contribution in [3.05, 3.63) is 70.5 Å². The van der Waals surface area contributed by atoms with Crippen molar-refractivity contribution in [2.24, 2.45) is 5.92 Å². The maximum Gasteiger partial charge on any atom is 0.416 e. The van der Waals surface area contributed by atoms with Crippen LogP contribution in [0.15, 0.2) is 42.5 Å². The van der Waals surface area contributed by atoms with Gasteiger partial charge in [0, 0.05) is 19.0 Å². The van der Waals surface area contributed by atoms with Gasteiger partial charge in [-0.2, -0.15) is 26.3 Å². The second kappa shape index (κ2) is 9.58. The van der Waals surface area contributed by atoms with E-state index in [4.69, 9.17) is 4.74 Å². The highest BCUT2D eigenvalue weighted by atomic mass is 19.4. The van der Waals surface area contributed by atoms with E-state index in [9.17, 15) is 40.6 Å². The number of carboxylic acid groups (broad SMARTS) is 1. The standard InChI is InChI=1S/C22H20F7NO3/c23-18-3-1-14(2-4-18)19-5-6-30(20(31)32)10-15(19)12-33-11-13-7-16(21(24,25)26)9-17(8-13)22(27,28)29/h1-4,7-9,15,19H,5-6,10-12H2,(H,31,32)/t15-,19-/m0/s1. The fourth-order valence-corrected chi connectivity index (χ4v) is 3.95. The van der Waals surface area contributed by atoms with Crippen LogP contribution in [0.2, 0.25) is 0 Å². The summed E-state index contributed by atoms with van der Waals surface area (Å²) in [7, 11) is 0. The lowest BCUT2D eigenvalue weighted by atomic mass is 9.81. The first kappa shape index (κ1) is 24.8. The van der Waals surface area contributed by atoms with E-state index in [-0.39, 0.29) is 37.2 Å². The lowest BCUT2D eigenvalue weighted by Gasteiger charge is -2.37. The number of alkyl halides is 6. The molecule has 1 aliphatic rings. The zero-order valence-electron chi connectivity index (χ0n) is 17.1. The van der Waals surface area contributed by atoms with Gasteiger partial charge in [0.2, 0.25) is 0 Å². The van der Waals surface area contributed by atoms with Crippen molar-refractivity contribution >= 4 is 6.09 Å². The number of hydrogen-bond acceptors (Lipinski definition) is 2. The molecule has 2 atom stereocenters. The summed E-state index contributed by atoms with van der Waals surface area (Å²) in [5.41, 5.74) is -2.43. The highest BCUT2D eigenvalue weighted by Gasteiger charge is 2.37. The Morgan fingerprint density at radius 3 is 2.09 bits per heavy atom. The van der Waals surface area contributed by atoms with E-state index in [0.717, 1.165) is 5.56 Å². The predicted molar refractivity (Wildman–Crippen MR) is 103 cm³/mol. The van der Waals surface area contributed by atoms with Crippen molar-refractivity contribution in [1.29, 1.82) is 0 Å². The van der Waals surface area contributed by atoms with E-state index in [0.29, 0.717) is 18.6 Å². The third kappa shape index (κ3) is 6.37. The first-order valence-corrected chi connectivity index (χ1v) is 9.94. The van der Waals surface area contributed by atoms with Gasteiger partial charge in [0.25, 0.3) is 0 Å². The van der Waals surface area contributed by atoms with Gasteiger partial charge in [-0.05, 0) is 53.8 Å². The monoisotopic (exact) mass is 479 g/mol. The molecule has 11 heteroatoms. The van der Waals surface area contributed by atoms with E-state index in [1.165, 1.54) is 17.0 Å². The molecule has 180 valence electrons. The Kier molecular flexibility index (Phi) is 7.20. The second-order valence-corrected chi connectivity index (χ2v) is 7.86. The van der Waals surface area contributed by atoms with E-state index in [1.54, 1.807) is 12.1 Å². The zero-order chi connectivity index (χ0) is 24.4. The summed E-state index contributed by atoms with van der Waals surface area (Å²) in [5.74, 6) is -1.08. The molecule has 2 aromatic rings. The Morgan fingerprint density at radius 2 is 1.58 bits per heavy atom. The van der Waals surface area contributed by atoms with Gasteiger partial charge in [-0.15, -0.1) is 0 Å². The molecule has 0 radical (unpaired) electrons. The normalized spacial score (nSPS) is 19.5. The number of carbonyl (C=O) groups is 1. The van der Waals surface area contributed by atoms with Gasteiger partial charge >= 0.3 is 18.4 Å². The van der Waals surface area contributed by atoms with Crippen LogP contribution in [0.25, 0.3) is 0 Å². The summed E-state index contributed by atoms with van der Waals surface area (Å²) in [4.78, 5) is 12.5. The van der Waals surface area contributed by atoms with E-state index < -0.39 is 47.9 Å². The summed E-state index contributed by atoms with van der Waals surface area (Å²) in [6.07, 6.45) is -10.7. The van der Waals surface area contributed by atoms with Crippen LogP contribution in [0.1, 0.15) is 34.6 Å². The maximum atomic E-state index is 13.3. The quantitative estimate of drug-likeness (QED) is 0.523. The van der Waals surface area contributed by atoms with Gasteiger partial charge < -0.3 is 14.7 Å². The number of halogens is 7. The molecule has 0 bridgehead atoms. The van der Waals surface area contributed by atoms with Crippen molar-refractivity contribution in [3.63, 3.8) is 0 Å². The Bertz CT molecular complexity index is 941. The van der Waals surface area contributed by atoms with Crippen LogP contribution in [0, 0.1) is 11.7 Å². The first-order chi connectivity index (χ1) is 15.3. The van der Waals surface area contributed by atoms with Gasteiger partial charge in [0.1, 0.15) is 5.82 Å². The fourth-order valence-electron chi connectivity index (χ4n) is 3.95. The number of hydrogen-bond donors (Lipinski definition) is 1. The molecular weight excluding hydrogens is 459 g/mol. The lowest BCUT2D eigenvalue weighted by Crippen LogP contribution is -2.43. The maximum absolute atomic E-state index is 13.3. The average Bonchev–Trinajstić information content (AvgIpc) is 2.73. The summed E-state index contributed by atoms with van der Waals surface area (Å²) < 4.78 is 97.0. The highest BCUT2D eigenvalue weighted by Crippen LogP contribution is 2.37. The van der Waals surface area contributed by atoms with Gasteiger partial charge in [0.15, 0.2) is 0 Å². The molecule has 0 spiro atoms. The summed E-state index contributed by atoms with van der Waals surface area (Å²) in [6.45, 7) is -0.333. The molecule has 3 rings (SSSR count). The van der Waals surface area contributed by atoms with E-state index in [1.807, 2.05) is 0 Å². The predicted octanol–water partition coefficient (Wildman–Crippen LogP) is 6.16. The molecule has 1 N–H and O–H groups in total. The van der Waals surface area contributed by atoms with Crippen molar-refractivity contribution in [3.8, 4) is 0 Å². The Morgan fingerprint density at radius 1 is 1.00 bits per heavy atom. The van der Waals surface area contributed by atoms with Crippen LogP contribution < -0.4 is 0 Å². The zero-order valence-corrected chi connectivity index (χ0v) is 17.1. The summed E-state index contributed by atoms with van der Waals surface area (Å²) in [5, 5.41) is 9.29. The molecule has 2 aromatic carbocycles. The van der Waals surface area contributed by atoms with E-state index >= 15 is 0 Å². The minimum Gasteiger partial charge on any atom is -0.465 e. The van der Waals surface area contributed by atoms with Crippen LogP contribution in [0.3, 0.4) is 0 Å². The molecule has 0 saturated carbocycles. The van der Waals surface area contributed by atoms with Crippen molar-refractivity contribution in [1.82, 2.24) is 4.90 Å². The van der Waals surface area contributed by atoms with Gasteiger partial charge in [-0.3, -0.25) is 0 Å². The molecule has 0 aromatic heterocycles. The van der Waals surface area contributed by atoms with E-state index in [2.05, 4.69) is 0 Å². The molecule has 4 nitrogen and oxygen atoms in total. The van der Waals surface area contributed by atoms with Crippen molar-refractivity contribution in [2.45, 2.75) is 31.3 Å². The number of ether oxygens (including phenoxy) is 1. The molecule has 1 aliphatic heterocycles. The first-order valence-electron chi connectivity index (χ1n) is 9.94. The lowest BCUT2D eigenvalue weighted by molar-refractivity contribution is -0.143.